The van der Waals surface area contributed by atoms with Crippen LogP contribution < -0.4 is 5.32 Å². The molecule has 0 radical (unpaired) electrons. The molecule has 0 saturated heterocycles. The Morgan fingerprint density at radius 1 is 1.50 bits per heavy atom. The number of nitrogens with zero attached hydrogens (tertiary/aromatic N) is 2. The van der Waals surface area contributed by atoms with E-state index in [1.54, 1.807) is 24.3 Å². The number of hydrogen-bond donors (Lipinski definition) is 1. The summed E-state index contributed by atoms with van der Waals surface area (Å²) in [6.07, 6.45) is 2.19. The highest BCUT2D eigenvalue weighted by Crippen LogP contribution is 2.13. The van der Waals surface area contributed by atoms with Gasteiger partial charge in [0.2, 0.25) is 5.91 Å². The SMILES string of the molecule is CCCc1nc(C[S@@](=O)CCC(=O)Nc2cc(C)on2)cs1. The molecule has 120 valence electrons. The average molecular weight is 341 g/mol. The maximum absolute atomic E-state index is 12.0. The number of rotatable bonds is 8. The normalized spacial score (nSPS) is 12.3. The van der Waals surface area contributed by atoms with Crippen molar-refractivity contribution in [3.63, 3.8) is 0 Å². The number of hydrogen-bond acceptors (Lipinski definition) is 6. The van der Waals surface area contributed by atoms with Crippen molar-refractivity contribution in [2.45, 2.75) is 38.9 Å². The lowest BCUT2D eigenvalue weighted by atomic mass is 10.3. The van der Waals surface area contributed by atoms with Gasteiger partial charge in [-0.05, 0) is 19.8 Å². The maximum atomic E-state index is 12.0. The summed E-state index contributed by atoms with van der Waals surface area (Å²) >= 11 is 1.60. The summed E-state index contributed by atoms with van der Waals surface area (Å²) in [5.41, 5.74) is 0.847. The Labute approximate surface area is 135 Å². The molecule has 22 heavy (non-hydrogen) atoms. The molecular formula is C14H19N3O3S2. The number of carbonyl (C=O) groups is 1. The minimum absolute atomic E-state index is 0.185. The maximum Gasteiger partial charge on any atom is 0.226 e. The Kier molecular flexibility index (Phi) is 6.26. The molecule has 0 aromatic carbocycles. The van der Waals surface area contributed by atoms with Crippen molar-refractivity contribution in [3.05, 3.63) is 27.9 Å². The third-order valence-corrected chi connectivity index (χ3v) is 5.06. The summed E-state index contributed by atoms with van der Waals surface area (Å²) < 4.78 is 16.9. The zero-order valence-corrected chi connectivity index (χ0v) is 14.3. The van der Waals surface area contributed by atoms with Crippen molar-refractivity contribution >= 4 is 33.9 Å². The van der Waals surface area contributed by atoms with E-state index < -0.39 is 10.8 Å². The highest BCUT2D eigenvalue weighted by atomic mass is 32.2. The second-order valence-corrected chi connectivity index (χ2v) is 7.41. The van der Waals surface area contributed by atoms with E-state index in [-0.39, 0.29) is 12.3 Å². The molecule has 0 saturated carbocycles. The van der Waals surface area contributed by atoms with Crippen molar-refractivity contribution in [2.24, 2.45) is 0 Å². The van der Waals surface area contributed by atoms with Gasteiger partial charge in [0, 0.05) is 34.4 Å². The fourth-order valence-corrected chi connectivity index (χ4v) is 3.86. The first kappa shape index (κ1) is 16.8. The standard InChI is InChI=1S/C14H19N3O3S2/c1-3-4-14-15-11(8-21-14)9-22(19)6-5-13(18)16-12-7-10(2)20-17-12/h7-8H,3-6,9H2,1-2H3,(H,16,17,18)/t22-/m0/s1. The van der Waals surface area contributed by atoms with Gasteiger partial charge in [0.1, 0.15) is 5.76 Å². The van der Waals surface area contributed by atoms with E-state index >= 15 is 0 Å². The Balaban J connectivity index is 1.73. The summed E-state index contributed by atoms with van der Waals surface area (Å²) in [7, 11) is -1.10. The highest BCUT2D eigenvalue weighted by Gasteiger charge is 2.10. The molecule has 2 heterocycles. The zero-order valence-electron chi connectivity index (χ0n) is 12.6. The summed E-state index contributed by atoms with van der Waals surface area (Å²) in [4.78, 5) is 16.2. The van der Waals surface area contributed by atoms with E-state index in [9.17, 15) is 9.00 Å². The van der Waals surface area contributed by atoms with Crippen LogP contribution in [0.5, 0.6) is 0 Å². The van der Waals surface area contributed by atoms with Gasteiger partial charge >= 0.3 is 0 Å². The van der Waals surface area contributed by atoms with Crippen molar-refractivity contribution in [1.29, 1.82) is 0 Å². The largest absolute Gasteiger partial charge is 0.360 e. The number of nitrogens with one attached hydrogen (secondary N) is 1. The highest BCUT2D eigenvalue weighted by molar-refractivity contribution is 7.84. The first-order valence-electron chi connectivity index (χ1n) is 7.08. The van der Waals surface area contributed by atoms with E-state index in [0.717, 1.165) is 23.5 Å². The average Bonchev–Trinajstić information content (AvgIpc) is 3.06. The molecule has 1 atom stereocenters. The fourth-order valence-electron chi connectivity index (χ4n) is 1.82. The molecule has 0 bridgehead atoms. The van der Waals surface area contributed by atoms with Crippen LogP contribution in [-0.4, -0.2) is 26.0 Å². The molecule has 0 unspecified atom stereocenters. The van der Waals surface area contributed by atoms with E-state index in [4.69, 9.17) is 4.52 Å². The monoisotopic (exact) mass is 341 g/mol. The van der Waals surface area contributed by atoms with Gasteiger partial charge in [-0.25, -0.2) is 4.98 Å². The van der Waals surface area contributed by atoms with Gasteiger partial charge in [0.15, 0.2) is 5.82 Å². The summed E-state index contributed by atoms with van der Waals surface area (Å²) in [5.74, 6) is 1.51. The first-order chi connectivity index (χ1) is 10.6. The lowest BCUT2D eigenvalue weighted by molar-refractivity contribution is -0.115. The number of carbonyl (C=O) groups excluding carboxylic acids is 1. The molecule has 2 aromatic rings. The molecule has 2 rings (SSSR count). The Bertz CT molecular complexity index is 651. The molecule has 0 aliphatic rings. The molecular weight excluding hydrogens is 322 g/mol. The molecule has 8 heteroatoms. The number of aromatic nitrogens is 2. The fraction of sp³-hybridized carbons (Fsp3) is 0.500. The summed E-state index contributed by atoms with van der Waals surface area (Å²) in [5, 5.41) is 9.31. The van der Waals surface area contributed by atoms with Gasteiger partial charge in [-0.15, -0.1) is 11.3 Å². The third kappa shape index (κ3) is 5.34. The van der Waals surface area contributed by atoms with E-state index in [1.165, 1.54) is 0 Å². The van der Waals surface area contributed by atoms with Crippen LogP contribution in [0.15, 0.2) is 16.0 Å². The van der Waals surface area contributed by atoms with Crippen molar-refractivity contribution < 1.29 is 13.5 Å². The van der Waals surface area contributed by atoms with Crippen LogP contribution in [-0.2, 0) is 27.8 Å². The van der Waals surface area contributed by atoms with Gasteiger partial charge in [0.05, 0.1) is 16.5 Å². The number of anilines is 1. The molecule has 6 nitrogen and oxygen atoms in total. The Hall–Kier alpha value is -1.54. The predicted octanol–water partition coefficient (Wildman–Crippen LogP) is 2.67. The van der Waals surface area contributed by atoms with Gasteiger partial charge in [-0.3, -0.25) is 9.00 Å². The Morgan fingerprint density at radius 2 is 2.32 bits per heavy atom. The molecule has 0 aliphatic carbocycles. The van der Waals surface area contributed by atoms with Crippen molar-refractivity contribution in [3.8, 4) is 0 Å². The second kappa shape index (κ2) is 8.19. The van der Waals surface area contributed by atoms with Gasteiger partial charge in [-0.2, -0.15) is 0 Å². The van der Waals surface area contributed by atoms with E-state index in [2.05, 4.69) is 22.4 Å². The molecule has 0 fully saturated rings. The van der Waals surface area contributed by atoms with Gasteiger partial charge in [-0.1, -0.05) is 12.1 Å². The lowest BCUT2D eigenvalue weighted by Crippen LogP contribution is -2.15. The van der Waals surface area contributed by atoms with Crippen LogP contribution in [0.4, 0.5) is 5.82 Å². The Morgan fingerprint density at radius 3 is 3.00 bits per heavy atom. The molecule has 2 aromatic heterocycles. The minimum atomic E-state index is -1.10. The third-order valence-electron chi connectivity index (χ3n) is 2.82. The van der Waals surface area contributed by atoms with Crippen LogP contribution in [0.2, 0.25) is 0 Å². The summed E-state index contributed by atoms with van der Waals surface area (Å²) in [6.45, 7) is 3.85. The molecule has 0 spiro atoms. The second-order valence-electron chi connectivity index (χ2n) is 4.89. The van der Waals surface area contributed by atoms with Gasteiger partial charge in [0.25, 0.3) is 0 Å². The van der Waals surface area contributed by atoms with E-state index in [0.29, 0.717) is 23.1 Å². The van der Waals surface area contributed by atoms with Crippen molar-refractivity contribution in [2.75, 3.05) is 11.1 Å². The minimum Gasteiger partial charge on any atom is -0.360 e. The lowest BCUT2D eigenvalue weighted by Gasteiger charge is -2.01. The quantitative estimate of drug-likeness (QED) is 0.798. The van der Waals surface area contributed by atoms with Crippen LogP contribution in [0.25, 0.3) is 0 Å². The van der Waals surface area contributed by atoms with Crippen LogP contribution in [0.3, 0.4) is 0 Å². The molecule has 1 N–H and O–H groups in total. The van der Waals surface area contributed by atoms with E-state index in [1.807, 2.05) is 5.38 Å². The van der Waals surface area contributed by atoms with Crippen molar-refractivity contribution in [1.82, 2.24) is 10.1 Å². The van der Waals surface area contributed by atoms with Crippen LogP contribution in [0, 0.1) is 6.92 Å². The number of aryl methyl sites for hydroxylation is 2. The van der Waals surface area contributed by atoms with Gasteiger partial charge < -0.3 is 9.84 Å². The van der Waals surface area contributed by atoms with Crippen LogP contribution in [0.1, 0.15) is 36.2 Å². The van der Waals surface area contributed by atoms with Crippen LogP contribution >= 0.6 is 11.3 Å². The topological polar surface area (TPSA) is 85.1 Å². The zero-order chi connectivity index (χ0) is 15.9. The smallest absolute Gasteiger partial charge is 0.226 e. The first-order valence-corrected chi connectivity index (χ1v) is 9.45. The number of amides is 1. The molecule has 0 aliphatic heterocycles. The molecule has 1 amide bonds. The summed E-state index contributed by atoms with van der Waals surface area (Å²) in [6, 6.07) is 1.64. The predicted molar refractivity (Wildman–Crippen MR) is 87.3 cm³/mol. The number of thiazole rings is 1.